The van der Waals surface area contributed by atoms with Gasteiger partial charge >= 0.3 is 5.97 Å². The van der Waals surface area contributed by atoms with Crippen LogP contribution in [0.1, 0.15) is 15.5 Å². The number of amides is 1. The van der Waals surface area contributed by atoms with Crippen LogP contribution < -0.4 is 5.32 Å². The monoisotopic (exact) mass is 455 g/mol. The van der Waals surface area contributed by atoms with Crippen LogP contribution in [0, 0.1) is 0 Å². The van der Waals surface area contributed by atoms with Gasteiger partial charge in [0.05, 0.1) is 24.7 Å². The molecule has 0 bridgehead atoms. The molecule has 1 aliphatic rings. The van der Waals surface area contributed by atoms with Crippen molar-refractivity contribution in [2.24, 2.45) is 0 Å². The first-order chi connectivity index (χ1) is 14.4. The van der Waals surface area contributed by atoms with Crippen molar-refractivity contribution >= 4 is 38.9 Å². The van der Waals surface area contributed by atoms with Crippen LogP contribution in [0.5, 0.6) is 0 Å². The van der Waals surface area contributed by atoms with Gasteiger partial charge in [-0.15, -0.1) is 11.3 Å². The molecule has 2 heterocycles. The molecule has 1 aromatic carbocycles. The number of carbonyl (C=O) groups is 2. The molecule has 1 aliphatic heterocycles. The average Bonchev–Trinajstić information content (AvgIpc) is 3.22. The molecule has 162 valence electrons. The highest BCUT2D eigenvalue weighted by molar-refractivity contribution is 7.89. The second-order valence-electron chi connectivity index (χ2n) is 6.23. The zero-order chi connectivity index (χ0) is 21.6. The second-order valence-corrected chi connectivity index (χ2v) is 9.11. The lowest BCUT2D eigenvalue weighted by molar-refractivity contribution is -0.119. The standard InChI is InChI=1S/C18H21N3O7S2/c1-26-11-17-20-15(12-29-17)18(23)28-10-16(22)19-13-3-2-4-14(9-13)30(24,25)21-5-7-27-8-6-21/h2-4,9,12H,5-8,10-11H2,1H3,(H,19,22). The fourth-order valence-electron chi connectivity index (χ4n) is 2.67. The predicted molar refractivity (Wildman–Crippen MR) is 108 cm³/mol. The number of hydrogen-bond acceptors (Lipinski definition) is 9. The maximum absolute atomic E-state index is 12.7. The Labute approximate surface area is 177 Å². The van der Waals surface area contributed by atoms with Crippen molar-refractivity contribution in [3.63, 3.8) is 0 Å². The molecule has 1 N–H and O–H groups in total. The molecule has 1 amide bonds. The van der Waals surface area contributed by atoms with Crippen LogP contribution in [-0.4, -0.2) is 69.6 Å². The number of rotatable bonds is 8. The van der Waals surface area contributed by atoms with Crippen LogP contribution in [0.2, 0.25) is 0 Å². The van der Waals surface area contributed by atoms with Gasteiger partial charge < -0.3 is 19.5 Å². The second kappa shape index (κ2) is 10.1. The number of aromatic nitrogens is 1. The van der Waals surface area contributed by atoms with E-state index < -0.39 is 28.5 Å². The highest BCUT2D eigenvalue weighted by Crippen LogP contribution is 2.20. The lowest BCUT2D eigenvalue weighted by Gasteiger charge is -2.26. The van der Waals surface area contributed by atoms with Crippen molar-refractivity contribution < 1.29 is 32.2 Å². The van der Waals surface area contributed by atoms with E-state index in [9.17, 15) is 18.0 Å². The Morgan fingerprint density at radius 2 is 2.07 bits per heavy atom. The van der Waals surface area contributed by atoms with Gasteiger partial charge in [-0.1, -0.05) is 6.07 Å². The first kappa shape index (κ1) is 22.3. The number of morpholine rings is 1. The number of nitrogens with one attached hydrogen (secondary N) is 1. The molecule has 0 aliphatic carbocycles. The fourth-order valence-corrected chi connectivity index (χ4v) is 4.85. The first-order valence-electron chi connectivity index (χ1n) is 8.98. The van der Waals surface area contributed by atoms with Crippen LogP contribution in [0.3, 0.4) is 0 Å². The molecule has 1 saturated heterocycles. The summed E-state index contributed by atoms with van der Waals surface area (Å²) in [4.78, 5) is 28.2. The summed E-state index contributed by atoms with van der Waals surface area (Å²) in [6.45, 7) is 0.980. The van der Waals surface area contributed by atoms with Crippen molar-refractivity contribution in [2.45, 2.75) is 11.5 Å². The van der Waals surface area contributed by atoms with E-state index in [0.717, 1.165) is 0 Å². The van der Waals surface area contributed by atoms with Crippen molar-refractivity contribution in [2.75, 3.05) is 45.3 Å². The number of thiazole rings is 1. The minimum Gasteiger partial charge on any atom is -0.451 e. The molecule has 2 aromatic rings. The Hall–Kier alpha value is -2.38. The number of esters is 1. The zero-order valence-electron chi connectivity index (χ0n) is 16.2. The zero-order valence-corrected chi connectivity index (χ0v) is 17.8. The third-order valence-electron chi connectivity index (χ3n) is 4.09. The quantitative estimate of drug-likeness (QED) is 0.587. The van der Waals surface area contributed by atoms with Gasteiger partial charge in [0, 0.05) is 31.3 Å². The average molecular weight is 456 g/mol. The molecule has 0 spiro atoms. The SMILES string of the molecule is COCc1nc(C(=O)OCC(=O)Nc2cccc(S(=O)(=O)N3CCOCC3)c2)cs1. The number of benzene rings is 1. The number of sulfonamides is 1. The summed E-state index contributed by atoms with van der Waals surface area (Å²) in [7, 11) is -2.17. The summed E-state index contributed by atoms with van der Waals surface area (Å²) in [6.07, 6.45) is 0. The molecule has 0 radical (unpaired) electrons. The number of methoxy groups -OCH3 is 1. The highest BCUT2D eigenvalue weighted by atomic mass is 32.2. The third kappa shape index (κ3) is 5.61. The van der Waals surface area contributed by atoms with Crippen LogP contribution in [0.15, 0.2) is 34.5 Å². The van der Waals surface area contributed by atoms with Gasteiger partial charge in [0.15, 0.2) is 12.3 Å². The largest absolute Gasteiger partial charge is 0.451 e. The maximum atomic E-state index is 12.7. The van der Waals surface area contributed by atoms with E-state index in [0.29, 0.717) is 18.2 Å². The van der Waals surface area contributed by atoms with Gasteiger partial charge in [0.2, 0.25) is 10.0 Å². The van der Waals surface area contributed by atoms with Crippen LogP contribution >= 0.6 is 11.3 Å². The third-order valence-corrected chi connectivity index (χ3v) is 6.81. The van der Waals surface area contributed by atoms with Gasteiger partial charge in [-0.25, -0.2) is 18.2 Å². The lowest BCUT2D eigenvalue weighted by Crippen LogP contribution is -2.40. The van der Waals surface area contributed by atoms with E-state index in [2.05, 4.69) is 10.3 Å². The molecular weight excluding hydrogens is 434 g/mol. The Kier molecular flexibility index (Phi) is 7.50. The van der Waals surface area contributed by atoms with Gasteiger partial charge in [-0.3, -0.25) is 4.79 Å². The van der Waals surface area contributed by atoms with Crippen LogP contribution in [-0.2, 0) is 35.6 Å². The van der Waals surface area contributed by atoms with Crippen molar-refractivity contribution in [3.8, 4) is 0 Å². The topological polar surface area (TPSA) is 124 Å². The molecule has 0 unspecified atom stereocenters. The van der Waals surface area contributed by atoms with Crippen LogP contribution in [0.25, 0.3) is 0 Å². The van der Waals surface area contributed by atoms with Gasteiger partial charge in [-0.2, -0.15) is 4.31 Å². The Morgan fingerprint density at radius 3 is 2.80 bits per heavy atom. The summed E-state index contributed by atoms with van der Waals surface area (Å²) in [5.41, 5.74) is 0.375. The normalized spacial score (nSPS) is 15.0. The summed E-state index contributed by atoms with van der Waals surface area (Å²) in [5, 5.41) is 4.67. The van der Waals surface area contributed by atoms with Crippen molar-refractivity contribution in [1.29, 1.82) is 0 Å². The number of nitrogens with zero attached hydrogens (tertiary/aromatic N) is 2. The number of anilines is 1. The minimum atomic E-state index is -3.69. The molecule has 0 saturated carbocycles. The molecule has 30 heavy (non-hydrogen) atoms. The molecule has 12 heteroatoms. The van der Waals surface area contributed by atoms with E-state index in [-0.39, 0.29) is 36.0 Å². The Morgan fingerprint density at radius 1 is 1.30 bits per heavy atom. The number of carbonyl (C=O) groups excluding carboxylic acids is 2. The smallest absolute Gasteiger partial charge is 0.358 e. The Balaban J connectivity index is 1.57. The number of ether oxygens (including phenoxy) is 3. The molecule has 1 aromatic heterocycles. The summed E-state index contributed by atoms with van der Waals surface area (Å²) in [5.74, 6) is -1.33. The number of hydrogen-bond donors (Lipinski definition) is 1. The van der Waals surface area contributed by atoms with Crippen molar-refractivity contribution in [3.05, 3.63) is 40.3 Å². The van der Waals surface area contributed by atoms with Gasteiger partial charge in [0.25, 0.3) is 5.91 Å². The minimum absolute atomic E-state index is 0.0624. The van der Waals surface area contributed by atoms with E-state index in [1.54, 1.807) is 6.07 Å². The summed E-state index contributed by atoms with van der Waals surface area (Å²) in [6, 6.07) is 5.90. The first-order valence-corrected chi connectivity index (χ1v) is 11.3. The van der Waals surface area contributed by atoms with Gasteiger partial charge in [0.1, 0.15) is 5.01 Å². The molecule has 0 atom stereocenters. The molecule has 3 rings (SSSR count). The van der Waals surface area contributed by atoms with E-state index >= 15 is 0 Å². The van der Waals surface area contributed by atoms with E-state index in [4.69, 9.17) is 14.2 Å². The van der Waals surface area contributed by atoms with Crippen molar-refractivity contribution in [1.82, 2.24) is 9.29 Å². The Bertz CT molecular complexity index is 1000. The van der Waals surface area contributed by atoms with E-state index in [1.165, 1.54) is 46.3 Å². The van der Waals surface area contributed by atoms with E-state index in [1.807, 2.05) is 0 Å². The maximum Gasteiger partial charge on any atom is 0.358 e. The molecule has 1 fully saturated rings. The lowest BCUT2D eigenvalue weighted by atomic mass is 10.3. The molecule has 10 nitrogen and oxygen atoms in total. The summed E-state index contributed by atoms with van der Waals surface area (Å²) >= 11 is 1.25. The van der Waals surface area contributed by atoms with Gasteiger partial charge in [-0.05, 0) is 18.2 Å². The fraction of sp³-hybridized carbons (Fsp3) is 0.389. The molecular formula is C18H21N3O7S2. The summed E-state index contributed by atoms with van der Waals surface area (Å²) < 4.78 is 41.9. The predicted octanol–water partition coefficient (Wildman–Crippen LogP) is 1.11. The van der Waals surface area contributed by atoms with Crippen LogP contribution in [0.4, 0.5) is 5.69 Å². The highest BCUT2D eigenvalue weighted by Gasteiger charge is 2.26.